The van der Waals surface area contributed by atoms with Crippen LogP contribution in [0.5, 0.6) is 0 Å². The molecule has 0 spiro atoms. The summed E-state index contributed by atoms with van der Waals surface area (Å²) in [5.41, 5.74) is 0. The smallest absolute Gasteiger partial charge is 0.212 e. The van der Waals surface area contributed by atoms with Crippen LogP contribution in [-0.4, -0.2) is 31.6 Å². The highest BCUT2D eigenvalue weighted by molar-refractivity contribution is 7.89. The standard InChI is InChI=1S/C8H14N2O2S/c1-8(6-9)7-10-4-2-3-5-13(10,11)12/h8H,2-5,7H2,1H3. The Balaban J connectivity index is 2.63. The van der Waals surface area contributed by atoms with E-state index in [1.807, 2.05) is 6.07 Å². The molecule has 1 aliphatic rings. The van der Waals surface area contributed by atoms with Crippen molar-refractivity contribution in [3.63, 3.8) is 0 Å². The number of nitrogens with zero attached hydrogens (tertiary/aromatic N) is 2. The maximum absolute atomic E-state index is 11.4. The van der Waals surface area contributed by atoms with Crippen molar-refractivity contribution in [1.29, 1.82) is 5.26 Å². The van der Waals surface area contributed by atoms with Crippen LogP contribution >= 0.6 is 0 Å². The Labute approximate surface area is 79.2 Å². The van der Waals surface area contributed by atoms with Crippen molar-refractivity contribution in [2.24, 2.45) is 5.92 Å². The molecule has 0 aliphatic carbocycles. The Hall–Kier alpha value is -0.600. The topological polar surface area (TPSA) is 61.2 Å². The summed E-state index contributed by atoms with van der Waals surface area (Å²) in [4.78, 5) is 0. The van der Waals surface area contributed by atoms with Crippen molar-refractivity contribution in [1.82, 2.24) is 4.31 Å². The van der Waals surface area contributed by atoms with Gasteiger partial charge in [0.05, 0.1) is 17.7 Å². The van der Waals surface area contributed by atoms with Gasteiger partial charge >= 0.3 is 0 Å². The highest BCUT2D eigenvalue weighted by Gasteiger charge is 2.26. The Morgan fingerprint density at radius 2 is 2.23 bits per heavy atom. The van der Waals surface area contributed by atoms with Gasteiger partial charge in [0.15, 0.2) is 0 Å². The maximum atomic E-state index is 11.4. The first kappa shape index (κ1) is 10.5. The summed E-state index contributed by atoms with van der Waals surface area (Å²) >= 11 is 0. The van der Waals surface area contributed by atoms with Gasteiger partial charge in [-0.2, -0.15) is 5.26 Å². The van der Waals surface area contributed by atoms with Gasteiger partial charge in [0, 0.05) is 13.1 Å². The predicted octanol–water partition coefficient (Wildman–Crippen LogP) is 0.572. The number of hydrogen-bond acceptors (Lipinski definition) is 3. The Morgan fingerprint density at radius 3 is 2.77 bits per heavy atom. The van der Waals surface area contributed by atoms with Crippen LogP contribution in [0.4, 0.5) is 0 Å². The average Bonchev–Trinajstić information content (AvgIpc) is 2.08. The summed E-state index contributed by atoms with van der Waals surface area (Å²) < 4.78 is 24.3. The van der Waals surface area contributed by atoms with Crippen molar-refractivity contribution in [2.45, 2.75) is 19.8 Å². The minimum Gasteiger partial charge on any atom is -0.212 e. The monoisotopic (exact) mass is 202 g/mol. The minimum absolute atomic E-state index is 0.215. The van der Waals surface area contributed by atoms with Crippen LogP contribution in [-0.2, 0) is 10.0 Å². The fourth-order valence-corrected chi connectivity index (χ4v) is 3.08. The van der Waals surface area contributed by atoms with E-state index in [1.165, 1.54) is 4.31 Å². The van der Waals surface area contributed by atoms with Gasteiger partial charge in [-0.25, -0.2) is 12.7 Å². The molecule has 1 rings (SSSR count). The fraction of sp³-hybridized carbons (Fsp3) is 0.875. The average molecular weight is 202 g/mol. The minimum atomic E-state index is -3.05. The summed E-state index contributed by atoms with van der Waals surface area (Å²) in [6.07, 6.45) is 1.66. The van der Waals surface area contributed by atoms with Crippen molar-refractivity contribution in [3.05, 3.63) is 0 Å². The van der Waals surface area contributed by atoms with Gasteiger partial charge in [0.1, 0.15) is 0 Å². The molecule has 1 unspecified atom stereocenters. The molecule has 1 saturated heterocycles. The predicted molar refractivity (Wildman–Crippen MR) is 49.4 cm³/mol. The van der Waals surface area contributed by atoms with E-state index in [-0.39, 0.29) is 11.7 Å². The van der Waals surface area contributed by atoms with Gasteiger partial charge in [-0.3, -0.25) is 0 Å². The number of rotatable bonds is 2. The van der Waals surface area contributed by atoms with Gasteiger partial charge < -0.3 is 0 Å². The van der Waals surface area contributed by atoms with E-state index >= 15 is 0 Å². The van der Waals surface area contributed by atoms with Crippen LogP contribution in [0.15, 0.2) is 0 Å². The second-order valence-electron chi connectivity index (χ2n) is 3.41. The lowest BCUT2D eigenvalue weighted by Gasteiger charge is -2.26. The first-order valence-corrected chi connectivity index (χ1v) is 6.04. The highest BCUT2D eigenvalue weighted by atomic mass is 32.2. The zero-order valence-corrected chi connectivity index (χ0v) is 8.55. The molecular formula is C8H14N2O2S. The van der Waals surface area contributed by atoms with Crippen molar-refractivity contribution < 1.29 is 8.42 Å². The fourth-order valence-electron chi connectivity index (χ4n) is 1.39. The summed E-state index contributed by atoms with van der Waals surface area (Å²) in [5.74, 6) is 0.0263. The van der Waals surface area contributed by atoms with Crippen molar-refractivity contribution in [2.75, 3.05) is 18.8 Å². The molecule has 1 atom stereocenters. The van der Waals surface area contributed by atoms with Gasteiger partial charge in [-0.05, 0) is 19.8 Å². The van der Waals surface area contributed by atoms with E-state index < -0.39 is 10.0 Å². The van der Waals surface area contributed by atoms with Gasteiger partial charge in [0.25, 0.3) is 0 Å². The molecule has 0 saturated carbocycles. The molecule has 13 heavy (non-hydrogen) atoms. The molecule has 4 nitrogen and oxygen atoms in total. The third kappa shape index (κ3) is 2.68. The van der Waals surface area contributed by atoms with Crippen molar-refractivity contribution >= 4 is 10.0 Å². The van der Waals surface area contributed by atoms with Gasteiger partial charge in [0.2, 0.25) is 10.0 Å². The second kappa shape index (κ2) is 4.07. The van der Waals surface area contributed by atoms with Crippen LogP contribution in [0.1, 0.15) is 19.8 Å². The van der Waals surface area contributed by atoms with Crippen LogP contribution in [0.2, 0.25) is 0 Å². The number of nitriles is 1. The summed E-state index contributed by atoms with van der Waals surface area (Å²) in [6, 6.07) is 2.04. The summed E-state index contributed by atoms with van der Waals surface area (Å²) in [7, 11) is -3.05. The molecule has 1 fully saturated rings. The van der Waals surface area contributed by atoms with E-state index in [2.05, 4.69) is 0 Å². The first-order chi connectivity index (χ1) is 6.06. The zero-order chi connectivity index (χ0) is 9.90. The van der Waals surface area contributed by atoms with Crippen LogP contribution in [0.25, 0.3) is 0 Å². The molecule has 0 bridgehead atoms. The summed E-state index contributed by atoms with van der Waals surface area (Å²) in [6.45, 7) is 2.66. The number of hydrogen-bond donors (Lipinski definition) is 0. The molecule has 0 amide bonds. The highest BCUT2D eigenvalue weighted by Crippen LogP contribution is 2.14. The first-order valence-electron chi connectivity index (χ1n) is 4.43. The lowest BCUT2D eigenvalue weighted by atomic mass is 10.2. The molecule has 0 aromatic rings. The van der Waals surface area contributed by atoms with E-state index in [0.29, 0.717) is 13.1 Å². The Bertz CT molecular complexity index is 305. The Kier molecular flexibility index (Phi) is 3.28. The third-order valence-electron chi connectivity index (χ3n) is 2.15. The van der Waals surface area contributed by atoms with Crippen LogP contribution in [0.3, 0.4) is 0 Å². The molecule has 0 aromatic carbocycles. The number of sulfonamides is 1. The third-order valence-corrected chi connectivity index (χ3v) is 4.07. The van der Waals surface area contributed by atoms with Gasteiger partial charge in [-0.1, -0.05) is 0 Å². The SMILES string of the molecule is CC(C#N)CN1CCCCS1(=O)=O. The molecule has 0 aromatic heterocycles. The largest absolute Gasteiger partial charge is 0.214 e. The normalized spacial score (nSPS) is 24.9. The molecule has 74 valence electrons. The van der Waals surface area contributed by atoms with E-state index in [1.54, 1.807) is 6.92 Å². The van der Waals surface area contributed by atoms with Gasteiger partial charge in [-0.15, -0.1) is 0 Å². The molecule has 1 heterocycles. The second-order valence-corrected chi connectivity index (χ2v) is 5.50. The molecule has 0 radical (unpaired) electrons. The molecule has 1 aliphatic heterocycles. The molecule has 5 heteroatoms. The van der Waals surface area contributed by atoms with Crippen LogP contribution in [0, 0.1) is 17.2 Å². The quantitative estimate of drug-likeness (QED) is 0.657. The molecule has 0 N–H and O–H groups in total. The van der Waals surface area contributed by atoms with Crippen molar-refractivity contribution in [3.8, 4) is 6.07 Å². The van der Waals surface area contributed by atoms with Crippen LogP contribution < -0.4 is 0 Å². The lowest BCUT2D eigenvalue weighted by molar-refractivity contribution is 0.361. The Morgan fingerprint density at radius 1 is 1.54 bits per heavy atom. The lowest BCUT2D eigenvalue weighted by Crippen LogP contribution is -2.40. The van der Waals surface area contributed by atoms with E-state index in [0.717, 1.165) is 12.8 Å². The van der Waals surface area contributed by atoms with E-state index in [9.17, 15) is 8.42 Å². The van der Waals surface area contributed by atoms with E-state index in [4.69, 9.17) is 5.26 Å². The maximum Gasteiger partial charge on any atom is 0.214 e. The summed E-state index contributed by atoms with van der Waals surface area (Å²) in [5, 5.41) is 8.56. The zero-order valence-electron chi connectivity index (χ0n) is 7.73. The molecular weight excluding hydrogens is 188 g/mol.